The normalized spacial score (nSPS) is 13.7. The third-order valence-corrected chi connectivity index (χ3v) is 4.82. The predicted molar refractivity (Wildman–Crippen MR) is 87.2 cm³/mol. The summed E-state index contributed by atoms with van der Waals surface area (Å²) >= 11 is 5.85. The maximum absolute atomic E-state index is 12.5. The average Bonchev–Trinajstić information content (AvgIpc) is 2.47. The number of ether oxygens (including phenoxy) is 1. The second-order valence-electron chi connectivity index (χ2n) is 4.80. The van der Waals surface area contributed by atoms with Crippen LogP contribution in [0, 0.1) is 0 Å². The summed E-state index contributed by atoms with van der Waals surface area (Å²) in [7, 11) is 0.451. The average molecular weight is 324 g/mol. The molecular formula is C16H18ClNO2S. The van der Waals surface area contributed by atoms with Gasteiger partial charge in [-0.05, 0) is 48.9 Å². The first kappa shape index (κ1) is 16.0. The van der Waals surface area contributed by atoms with Crippen molar-refractivity contribution in [3.63, 3.8) is 0 Å². The summed E-state index contributed by atoms with van der Waals surface area (Å²) in [4.78, 5) is 0.743. The summed E-state index contributed by atoms with van der Waals surface area (Å²) in [6.45, 7) is 1.92. The van der Waals surface area contributed by atoms with E-state index in [-0.39, 0.29) is 6.04 Å². The quantitative estimate of drug-likeness (QED) is 0.913. The molecule has 0 aliphatic rings. The number of hydrogen-bond acceptors (Lipinski definition) is 3. The van der Waals surface area contributed by atoms with Crippen LogP contribution in [0.4, 0.5) is 0 Å². The SMILES string of the molecule is COc1ccc(C(C)N)cc1CS(=O)c1ccc(Cl)cc1. The molecule has 2 atom stereocenters. The third-order valence-electron chi connectivity index (χ3n) is 3.19. The maximum atomic E-state index is 12.5. The lowest BCUT2D eigenvalue weighted by molar-refractivity contribution is 0.411. The van der Waals surface area contributed by atoms with Gasteiger partial charge in [0, 0.05) is 21.5 Å². The monoisotopic (exact) mass is 323 g/mol. The highest BCUT2D eigenvalue weighted by Crippen LogP contribution is 2.25. The fourth-order valence-electron chi connectivity index (χ4n) is 2.01. The van der Waals surface area contributed by atoms with Crippen molar-refractivity contribution in [1.82, 2.24) is 0 Å². The zero-order valence-electron chi connectivity index (χ0n) is 12.0. The van der Waals surface area contributed by atoms with Gasteiger partial charge in [0.15, 0.2) is 0 Å². The van der Waals surface area contributed by atoms with Crippen LogP contribution in [0.2, 0.25) is 5.02 Å². The highest BCUT2D eigenvalue weighted by atomic mass is 35.5. The Balaban J connectivity index is 2.27. The van der Waals surface area contributed by atoms with Crippen LogP contribution >= 0.6 is 11.6 Å². The molecular weight excluding hydrogens is 306 g/mol. The zero-order valence-corrected chi connectivity index (χ0v) is 13.6. The lowest BCUT2D eigenvalue weighted by Gasteiger charge is -2.12. The fourth-order valence-corrected chi connectivity index (χ4v) is 3.25. The highest BCUT2D eigenvalue weighted by molar-refractivity contribution is 7.84. The van der Waals surface area contributed by atoms with Crippen molar-refractivity contribution in [2.75, 3.05) is 7.11 Å². The smallest absolute Gasteiger partial charge is 0.123 e. The number of halogens is 1. The minimum Gasteiger partial charge on any atom is -0.496 e. The number of methoxy groups -OCH3 is 1. The Morgan fingerprint density at radius 1 is 1.24 bits per heavy atom. The number of nitrogens with two attached hydrogens (primary N) is 1. The molecule has 2 aromatic carbocycles. The Morgan fingerprint density at radius 3 is 2.48 bits per heavy atom. The van der Waals surface area contributed by atoms with E-state index in [1.165, 1.54) is 0 Å². The van der Waals surface area contributed by atoms with Gasteiger partial charge in [-0.25, -0.2) is 0 Å². The van der Waals surface area contributed by atoms with Crippen LogP contribution < -0.4 is 10.5 Å². The standard InChI is InChI=1S/C16H18ClNO2S/c1-11(18)12-3-8-16(20-2)13(9-12)10-21(19)15-6-4-14(17)5-7-15/h3-9,11H,10,18H2,1-2H3. The molecule has 5 heteroatoms. The zero-order chi connectivity index (χ0) is 15.4. The van der Waals surface area contributed by atoms with E-state index >= 15 is 0 Å². The number of benzene rings is 2. The first-order valence-electron chi connectivity index (χ1n) is 6.57. The molecule has 0 spiro atoms. The van der Waals surface area contributed by atoms with Crippen molar-refractivity contribution in [2.45, 2.75) is 23.6 Å². The molecule has 0 amide bonds. The predicted octanol–water partition coefficient (Wildman–Crippen LogP) is 3.68. The molecule has 0 bridgehead atoms. The molecule has 0 fully saturated rings. The van der Waals surface area contributed by atoms with Crippen molar-refractivity contribution >= 4 is 22.4 Å². The van der Waals surface area contributed by atoms with Crippen LogP contribution in [-0.4, -0.2) is 11.3 Å². The van der Waals surface area contributed by atoms with Gasteiger partial charge in [0.25, 0.3) is 0 Å². The topological polar surface area (TPSA) is 52.3 Å². The van der Waals surface area contributed by atoms with Gasteiger partial charge in [-0.15, -0.1) is 0 Å². The van der Waals surface area contributed by atoms with E-state index in [1.807, 2.05) is 25.1 Å². The Bertz CT molecular complexity index is 641. The van der Waals surface area contributed by atoms with Crippen LogP contribution in [-0.2, 0) is 16.6 Å². The molecule has 21 heavy (non-hydrogen) atoms. The highest BCUT2D eigenvalue weighted by Gasteiger charge is 2.12. The summed E-state index contributed by atoms with van der Waals surface area (Å²) in [5.74, 6) is 1.10. The van der Waals surface area contributed by atoms with Gasteiger partial charge < -0.3 is 10.5 Å². The van der Waals surface area contributed by atoms with E-state index in [9.17, 15) is 4.21 Å². The number of rotatable bonds is 5. The second kappa shape index (κ2) is 7.07. The van der Waals surface area contributed by atoms with Gasteiger partial charge in [0.05, 0.1) is 23.7 Å². The van der Waals surface area contributed by atoms with Crippen LogP contribution in [0.5, 0.6) is 5.75 Å². The molecule has 2 rings (SSSR count). The summed E-state index contributed by atoms with van der Waals surface area (Å²) in [6, 6.07) is 12.7. The van der Waals surface area contributed by atoms with Crippen LogP contribution in [0.1, 0.15) is 24.1 Å². The molecule has 0 heterocycles. The molecule has 3 nitrogen and oxygen atoms in total. The van der Waals surface area contributed by atoms with Gasteiger partial charge in [0.1, 0.15) is 5.75 Å². The summed E-state index contributed by atoms with van der Waals surface area (Å²) in [5, 5.41) is 0.632. The molecule has 112 valence electrons. The van der Waals surface area contributed by atoms with Gasteiger partial charge in [0.2, 0.25) is 0 Å². The Labute approximate surface area is 132 Å². The minimum atomic E-state index is -1.16. The molecule has 2 unspecified atom stereocenters. The van der Waals surface area contributed by atoms with E-state index in [1.54, 1.807) is 31.4 Å². The first-order chi connectivity index (χ1) is 10.0. The molecule has 2 aromatic rings. The molecule has 0 aromatic heterocycles. The van der Waals surface area contributed by atoms with Crippen LogP contribution in [0.3, 0.4) is 0 Å². The van der Waals surface area contributed by atoms with Crippen molar-refractivity contribution in [2.24, 2.45) is 5.73 Å². The van der Waals surface area contributed by atoms with Crippen molar-refractivity contribution in [1.29, 1.82) is 0 Å². The fraction of sp³-hybridized carbons (Fsp3) is 0.250. The molecule has 0 saturated heterocycles. The van der Waals surface area contributed by atoms with Gasteiger partial charge in [-0.3, -0.25) is 4.21 Å². The van der Waals surface area contributed by atoms with Crippen molar-refractivity contribution in [3.05, 3.63) is 58.6 Å². The summed E-state index contributed by atoms with van der Waals surface area (Å²) < 4.78 is 17.8. The van der Waals surface area contributed by atoms with E-state index in [0.717, 1.165) is 21.8 Å². The van der Waals surface area contributed by atoms with E-state index in [0.29, 0.717) is 10.8 Å². The molecule has 0 aliphatic heterocycles. The maximum Gasteiger partial charge on any atom is 0.123 e. The second-order valence-corrected chi connectivity index (χ2v) is 6.69. The molecule has 0 radical (unpaired) electrons. The Kier molecular flexibility index (Phi) is 5.39. The Morgan fingerprint density at radius 2 is 1.90 bits per heavy atom. The van der Waals surface area contributed by atoms with E-state index in [4.69, 9.17) is 22.1 Å². The molecule has 2 N–H and O–H groups in total. The number of hydrogen-bond donors (Lipinski definition) is 1. The lowest BCUT2D eigenvalue weighted by atomic mass is 10.1. The van der Waals surface area contributed by atoms with Crippen molar-refractivity contribution < 1.29 is 8.95 Å². The van der Waals surface area contributed by atoms with Gasteiger partial charge >= 0.3 is 0 Å². The van der Waals surface area contributed by atoms with Gasteiger partial charge in [-0.2, -0.15) is 0 Å². The molecule has 0 aliphatic carbocycles. The minimum absolute atomic E-state index is 0.0707. The van der Waals surface area contributed by atoms with E-state index in [2.05, 4.69) is 0 Å². The Hall–Kier alpha value is -1.36. The molecule has 0 saturated carbocycles. The van der Waals surface area contributed by atoms with E-state index < -0.39 is 10.8 Å². The lowest BCUT2D eigenvalue weighted by Crippen LogP contribution is -2.07. The largest absolute Gasteiger partial charge is 0.496 e. The van der Waals surface area contributed by atoms with Gasteiger partial charge in [-0.1, -0.05) is 17.7 Å². The summed E-state index contributed by atoms with van der Waals surface area (Å²) in [5.41, 5.74) is 7.79. The first-order valence-corrected chi connectivity index (χ1v) is 8.27. The van der Waals surface area contributed by atoms with Crippen LogP contribution in [0.15, 0.2) is 47.4 Å². The third kappa shape index (κ3) is 4.06. The summed E-state index contributed by atoms with van der Waals surface area (Å²) in [6.07, 6.45) is 0. The van der Waals surface area contributed by atoms with Crippen molar-refractivity contribution in [3.8, 4) is 5.75 Å². The van der Waals surface area contributed by atoms with Crippen LogP contribution in [0.25, 0.3) is 0 Å².